The lowest BCUT2D eigenvalue weighted by Gasteiger charge is -2.31. The van der Waals surface area contributed by atoms with Crippen molar-refractivity contribution in [1.29, 1.82) is 0 Å². The van der Waals surface area contributed by atoms with E-state index in [1.54, 1.807) is 11.1 Å². The van der Waals surface area contributed by atoms with Crippen molar-refractivity contribution < 1.29 is 9.59 Å². The van der Waals surface area contributed by atoms with Crippen molar-refractivity contribution in [3.05, 3.63) is 64.2 Å². The molecule has 1 aliphatic rings. The first kappa shape index (κ1) is 20.7. The number of nitrogens with zero attached hydrogens (tertiary/aromatic N) is 4. The fourth-order valence-corrected chi connectivity index (χ4v) is 4.00. The number of nitrogens with one attached hydrogen (secondary N) is 1. The third kappa shape index (κ3) is 4.47. The molecule has 0 saturated carbocycles. The quantitative estimate of drug-likeness (QED) is 0.701. The van der Waals surface area contributed by atoms with E-state index in [9.17, 15) is 14.4 Å². The van der Waals surface area contributed by atoms with E-state index in [0.717, 1.165) is 39.7 Å². The molecule has 4 rings (SSSR count). The summed E-state index contributed by atoms with van der Waals surface area (Å²) in [7, 11) is 1.53. The van der Waals surface area contributed by atoms with Gasteiger partial charge in [0.15, 0.2) is 0 Å². The molecule has 0 spiro atoms. The van der Waals surface area contributed by atoms with Gasteiger partial charge in [-0.3, -0.25) is 19.4 Å². The van der Waals surface area contributed by atoms with Crippen molar-refractivity contribution in [2.24, 2.45) is 13.0 Å². The summed E-state index contributed by atoms with van der Waals surface area (Å²) in [4.78, 5) is 43.0. The number of aryl methyl sites for hydroxylation is 2. The van der Waals surface area contributed by atoms with Gasteiger partial charge in [0.05, 0.1) is 11.2 Å². The van der Waals surface area contributed by atoms with Crippen molar-refractivity contribution in [2.45, 2.75) is 26.2 Å². The van der Waals surface area contributed by atoms with E-state index in [2.05, 4.69) is 15.4 Å². The Hall–Kier alpha value is -3.55. The van der Waals surface area contributed by atoms with Crippen LogP contribution in [0.3, 0.4) is 0 Å². The maximum Gasteiger partial charge on any atom is 0.274 e. The van der Waals surface area contributed by atoms with Crippen molar-refractivity contribution in [3.63, 3.8) is 0 Å². The number of piperidine rings is 1. The number of pyridine rings is 1. The van der Waals surface area contributed by atoms with Gasteiger partial charge in [0.1, 0.15) is 5.69 Å². The van der Waals surface area contributed by atoms with E-state index < -0.39 is 0 Å². The smallest absolute Gasteiger partial charge is 0.274 e. The Kier molecular flexibility index (Phi) is 5.79. The minimum atomic E-state index is -0.251. The molecular weight excluding hydrogens is 394 g/mol. The van der Waals surface area contributed by atoms with Crippen LogP contribution < -0.4 is 10.9 Å². The highest BCUT2D eigenvalue weighted by atomic mass is 16.2. The fraction of sp³-hybridized carbons (Fsp3) is 0.348. The molecule has 0 atom stereocenters. The summed E-state index contributed by atoms with van der Waals surface area (Å²) in [6.45, 7) is 3.11. The average molecular weight is 419 g/mol. The number of aromatic nitrogens is 3. The van der Waals surface area contributed by atoms with E-state index in [-0.39, 0.29) is 29.0 Å². The molecule has 0 bridgehead atoms. The van der Waals surface area contributed by atoms with Gasteiger partial charge in [0.25, 0.3) is 11.5 Å². The first-order valence-electron chi connectivity index (χ1n) is 10.4. The highest BCUT2D eigenvalue weighted by Gasteiger charge is 2.26. The van der Waals surface area contributed by atoms with Crippen molar-refractivity contribution in [2.75, 3.05) is 18.4 Å². The molecule has 8 nitrogen and oxygen atoms in total. The van der Waals surface area contributed by atoms with Crippen molar-refractivity contribution >= 4 is 28.4 Å². The monoisotopic (exact) mass is 419 g/mol. The number of carbonyl (C=O) groups excluding carboxylic acids is 2. The standard InChI is InChI=1S/C23H25N5O3/c1-15-5-6-18-17(4-3-11-24-18)22(15)25-20(29)14-16-9-12-28(13-10-16)23(31)19-7-8-21(30)27(2)26-19/h3-8,11,16H,9-10,12-14H2,1-2H3,(H,25,29). The zero-order valence-electron chi connectivity index (χ0n) is 17.7. The van der Waals surface area contributed by atoms with Gasteiger partial charge in [-0.15, -0.1) is 0 Å². The Balaban J connectivity index is 1.35. The summed E-state index contributed by atoms with van der Waals surface area (Å²) in [6, 6.07) is 10.6. The second-order valence-corrected chi connectivity index (χ2v) is 8.00. The van der Waals surface area contributed by atoms with Crippen LogP contribution in [0.1, 0.15) is 35.3 Å². The summed E-state index contributed by atoms with van der Waals surface area (Å²) in [5, 5.41) is 8.04. The first-order valence-corrected chi connectivity index (χ1v) is 10.4. The first-order chi connectivity index (χ1) is 14.9. The molecule has 3 aromatic rings. The largest absolute Gasteiger partial charge is 0.337 e. The number of likely N-dealkylation sites (tertiary alicyclic amines) is 1. The lowest BCUT2D eigenvalue weighted by Crippen LogP contribution is -2.40. The summed E-state index contributed by atoms with van der Waals surface area (Å²) < 4.78 is 1.16. The predicted molar refractivity (Wildman–Crippen MR) is 118 cm³/mol. The summed E-state index contributed by atoms with van der Waals surface area (Å²) >= 11 is 0. The molecule has 1 N–H and O–H groups in total. The van der Waals surface area contributed by atoms with Crippen LogP contribution in [0.25, 0.3) is 10.9 Å². The second-order valence-electron chi connectivity index (χ2n) is 8.00. The van der Waals surface area contributed by atoms with Crippen LogP contribution in [0.15, 0.2) is 47.4 Å². The normalized spacial score (nSPS) is 14.6. The molecular formula is C23H25N5O3. The number of rotatable bonds is 4. The number of carbonyl (C=O) groups is 2. The van der Waals surface area contributed by atoms with Crippen LogP contribution in [0.4, 0.5) is 5.69 Å². The van der Waals surface area contributed by atoms with Gasteiger partial charge in [-0.2, -0.15) is 5.10 Å². The third-order valence-electron chi connectivity index (χ3n) is 5.81. The van der Waals surface area contributed by atoms with Crippen LogP contribution >= 0.6 is 0 Å². The van der Waals surface area contributed by atoms with E-state index in [0.29, 0.717) is 19.5 Å². The number of benzene rings is 1. The SMILES string of the molecule is Cc1ccc2ncccc2c1NC(=O)CC1CCN(C(=O)c2ccc(=O)n(C)n2)CC1. The Morgan fingerprint density at radius 1 is 1.13 bits per heavy atom. The van der Waals surface area contributed by atoms with Crippen molar-refractivity contribution in [3.8, 4) is 0 Å². The van der Waals surface area contributed by atoms with Gasteiger partial charge >= 0.3 is 0 Å². The van der Waals surface area contributed by atoms with Gasteiger partial charge in [0.2, 0.25) is 5.91 Å². The summed E-state index contributed by atoms with van der Waals surface area (Å²) in [5.41, 5.74) is 2.67. The molecule has 3 heterocycles. The summed E-state index contributed by atoms with van der Waals surface area (Å²) in [5.74, 6) is 0.00637. The molecule has 1 aromatic carbocycles. The van der Waals surface area contributed by atoms with E-state index in [1.807, 2.05) is 31.2 Å². The average Bonchev–Trinajstić information content (AvgIpc) is 2.77. The molecule has 1 aliphatic heterocycles. The number of amides is 2. The molecule has 0 aliphatic carbocycles. The number of anilines is 1. The van der Waals surface area contributed by atoms with Gasteiger partial charge in [0, 0.05) is 44.2 Å². The highest BCUT2D eigenvalue weighted by molar-refractivity contribution is 6.02. The highest BCUT2D eigenvalue weighted by Crippen LogP contribution is 2.27. The maximum absolute atomic E-state index is 12.7. The number of fused-ring (bicyclic) bond motifs is 1. The Bertz CT molecular complexity index is 1200. The summed E-state index contributed by atoms with van der Waals surface area (Å²) in [6.07, 6.45) is 3.65. The lowest BCUT2D eigenvalue weighted by molar-refractivity contribution is -0.117. The minimum absolute atomic E-state index is 0.0241. The molecule has 0 radical (unpaired) electrons. The number of hydrogen-bond acceptors (Lipinski definition) is 5. The number of hydrogen-bond donors (Lipinski definition) is 1. The Morgan fingerprint density at radius 3 is 2.65 bits per heavy atom. The molecule has 8 heteroatoms. The third-order valence-corrected chi connectivity index (χ3v) is 5.81. The Labute approximate surface area is 179 Å². The van der Waals surface area contributed by atoms with E-state index in [4.69, 9.17) is 0 Å². The fourth-order valence-electron chi connectivity index (χ4n) is 4.00. The van der Waals surface area contributed by atoms with Crippen LogP contribution in [-0.4, -0.2) is 44.6 Å². The van der Waals surface area contributed by atoms with Gasteiger partial charge in [-0.1, -0.05) is 6.07 Å². The van der Waals surface area contributed by atoms with Gasteiger partial charge < -0.3 is 10.2 Å². The van der Waals surface area contributed by atoms with Crippen LogP contribution in [-0.2, 0) is 11.8 Å². The van der Waals surface area contributed by atoms with E-state index >= 15 is 0 Å². The zero-order chi connectivity index (χ0) is 22.0. The van der Waals surface area contributed by atoms with Crippen LogP contribution in [0.2, 0.25) is 0 Å². The molecule has 160 valence electrons. The predicted octanol–water partition coefficient (Wildman–Crippen LogP) is 2.52. The molecule has 2 amide bonds. The molecule has 1 saturated heterocycles. The van der Waals surface area contributed by atoms with Gasteiger partial charge in [-0.25, -0.2) is 4.68 Å². The lowest BCUT2D eigenvalue weighted by atomic mass is 9.93. The van der Waals surface area contributed by atoms with Crippen LogP contribution in [0.5, 0.6) is 0 Å². The Morgan fingerprint density at radius 2 is 1.90 bits per heavy atom. The zero-order valence-corrected chi connectivity index (χ0v) is 17.7. The molecule has 2 aromatic heterocycles. The topological polar surface area (TPSA) is 97.2 Å². The van der Waals surface area contributed by atoms with Crippen molar-refractivity contribution in [1.82, 2.24) is 19.7 Å². The molecule has 31 heavy (non-hydrogen) atoms. The minimum Gasteiger partial charge on any atom is -0.337 e. The van der Waals surface area contributed by atoms with E-state index in [1.165, 1.54) is 19.2 Å². The van der Waals surface area contributed by atoms with Crippen LogP contribution in [0, 0.1) is 12.8 Å². The molecule has 0 unspecified atom stereocenters. The second kappa shape index (κ2) is 8.67. The van der Waals surface area contributed by atoms with Gasteiger partial charge in [-0.05, 0) is 55.5 Å². The molecule has 1 fully saturated rings. The maximum atomic E-state index is 12.7.